The van der Waals surface area contributed by atoms with Gasteiger partial charge in [0.15, 0.2) is 5.89 Å². The van der Waals surface area contributed by atoms with Crippen LogP contribution >= 0.6 is 0 Å². The number of nitrogens with one attached hydrogen (secondary N) is 1. The Balaban J connectivity index is 1.86. The fourth-order valence-corrected chi connectivity index (χ4v) is 3.44. The monoisotopic (exact) mass is 292 g/mol. The molecule has 106 valence electrons. The molecule has 6 heteroatoms. The summed E-state index contributed by atoms with van der Waals surface area (Å²) in [6.07, 6.45) is 3.34. The van der Waals surface area contributed by atoms with Gasteiger partial charge >= 0.3 is 0 Å². The number of nitrogens with zero attached hydrogens (tertiary/aromatic N) is 1. The minimum Gasteiger partial charge on any atom is -0.449 e. The molecular weight excluding hydrogens is 276 g/mol. The average molecular weight is 292 g/mol. The predicted octanol–water partition coefficient (Wildman–Crippen LogP) is 2.48. The summed E-state index contributed by atoms with van der Waals surface area (Å²) in [5.74, 6) is 0.583. The van der Waals surface area contributed by atoms with E-state index in [0.717, 1.165) is 18.4 Å². The molecule has 1 saturated carbocycles. The Labute approximate surface area is 118 Å². The zero-order valence-corrected chi connectivity index (χ0v) is 12.2. The van der Waals surface area contributed by atoms with Crippen molar-refractivity contribution in [2.24, 2.45) is 0 Å². The van der Waals surface area contributed by atoms with E-state index in [2.05, 4.69) is 9.71 Å². The van der Waals surface area contributed by atoms with E-state index in [1.807, 2.05) is 6.92 Å². The lowest BCUT2D eigenvalue weighted by Gasteiger charge is -2.12. The van der Waals surface area contributed by atoms with Crippen molar-refractivity contribution in [1.82, 2.24) is 9.71 Å². The van der Waals surface area contributed by atoms with Crippen LogP contribution < -0.4 is 4.72 Å². The van der Waals surface area contributed by atoms with E-state index in [-0.39, 0.29) is 10.4 Å². The average Bonchev–Trinajstić information content (AvgIpc) is 2.94. The van der Waals surface area contributed by atoms with Crippen LogP contribution in [0.1, 0.15) is 25.7 Å². The molecule has 1 aromatic heterocycles. The summed E-state index contributed by atoms with van der Waals surface area (Å²) in [6, 6.07) is 6.66. The van der Waals surface area contributed by atoms with Gasteiger partial charge in [0.1, 0.15) is 12.0 Å². The number of sulfonamides is 1. The molecule has 1 aliphatic rings. The topological polar surface area (TPSA) is 72.2 Å². The van der Waals surface area contributed by atoms with Gasteiger partial charge in [0.2, 0.25) is 10.0 Å². The van der Waals surface area contributed by atoms with Gasteiger partial charge in [-0.2, -0.15) is 0 Å². The molecule has 1 aromatic carbocycles. The Morgan fingerprint density at radius 3 is 2.40 bits per heavy atom. The van der Waals surface area contributed by atoms with E-state index < -0.39 is 10.0 Å². The Morgan fingerprint density at radius 1 is 1.25 bits per heavy atom. The Hall–Kier alpha value is -1.66. The lowest BCUT2D eigenvalue weighted by atomic mass is 10.2. The molecule has 0 unspecified atom stereocenters. The number of rotatable bonds is 4. The minimum absolute atomic E-state index is 0.263. The van der Waals surface area contributed by atoms with Gasteiger partial charge in [0, 0.05) is 18.0 Å². The van der Waals surface area contributed by atoms with Gasteiger partial charge in [-0.25, -0.2) is 18.1 Å². The molecule has 5 nitrogen and oxygen atoms in total. The second-order valence-electron chi connectivity index (χ2n) is 5.44. The molecule has 0 spiro atoms. The van der Waals surface area contributed by atoms with E-state index in [9.17, 15) is 8.42 Å². The summed E-state index contributed by atoms with van der Waals surface area (Å²) in [5.41, 5.74) is 1.27. The third-order valence-corrected chi connectivity index (χ3v) is 5.11. The molecular formula is C14H16N2O3S. The largest absolute Gasteiger partial charge is 0.449 e. The number of aromatic nitrogens is 1. The van der Waals surface area contributed by atoms with Crippen LogP contribution in [-0.4, -0.2) is 18.9 Å². The van der Waals surface area contributed by atoms with E-state index in [4.69, 9.17) is 4.42 Å². The molecule has 0 amide bonds. The lowest BCUT2D eigenvalue weighted by Crippen LogP contribution is -2.34. The van der Waals surface area contributed by atoms with Gasteiger partial charge in [0.25, 0.3) is 0 Å². The van der Waals surface area contributed by atoms with Gasteiger partial charge in [-0.15, -0.1) is 0 Å². The fourth-order valence-electron chi connectivity index (χ4n) is 1.97. The number of aryl methyl sites for hydroxylation is 1. The molecule has 2 aromatic rings. The van der Waals surface area contributed by atoms with Crippen LogP contribution in [0.2, 0.25) is 0 Å². The predicted molar refractivity (Wildman–Crippen MR) is 74.6 cm³/mol. The smallest absolute Gasteiger partial charge is 0.241 e. The van der Waals surface area contributed by atoms with Crippen LogP contribution in [0.25, 0.3) is 11.3 Å². The molecule has 0 bridgehead atoms. The normalized spacial score (nSPS) is 17.1. The van der Waals surface area contributed by atoms with Crippen LogP contribution in [0.5, 0.6) is 0 Å². The number of hydrogen-bond acceptors (Lipinski definition) is 4. The number of oxazole rings is 1. The maximum absolute atomic E-state index is 12.2. The van der Waals surface area contributed by atoms with Gasteiger partial charge < -0.3 is 4.42 Å². The molecule has 20 heavy (non-hydrogen) atoms. The van der Waals surface area contributed by atoms with Crippen LogP contribution in [0.4, 0.5) is 0 Å². The lowest BCUT2D eigenvalue weighted by molar-refractivity contribution is 0.521. The molecule has 0 radical (unpaired) electrons. The first kappa shape index (κ1) is 13.3. The first-order valence-electron chi connectivity index (χ1n) is 6.45. The highest BCUT2D eigenvalue weighted by Crippen LogP contribution is 2.36. The van der Waals surface area contributed by atoms with Crippen LogP contribution in [0.15, 0.2) is 39.8 Å². The highest BCUT2D eigenvalue weighted by Gasteiger charge is 2.41. The summed E-state index contributed by atoms with van der Waals surface area (Å²) < 4.78 is 32.3. The molecule has 1 heterocycles. The fraction of sp³-hybridized carbons (Fsp3) is 0.357. The standard InChI is InChI=1S/C14H16N2O3S/c1-10-15-13(9-19-10)11-3-5-12(6-4-11)20(17,18)16-14(2)7-8-14/h3-6,9,16H,7-8H2,1-2H3. The van der Waals surface area contributed by atoms with E-state index in [0.29, 0.717) is 11.6 Å². The zero-order valence-electron chi connectivity index (χ0n) is 11.4. The molecule has 1 fully saturated rings. The summed E-state index contributed by atoms with van der Waals surface area (Å²) in [6.45, 7) is 3.68. The van der Waals surface area contributed by atoms with Crippen molar-refractivity contribution in [1.29, 1.82) is 0 Å². The van der Waals surface area contributed by atoms with Crippen molar-refractivity contribution in [3.63, 3.8) is 0 Å². The molecule has 3 rings (SSSR count). The van der Waals surface area contributed by atoms with Gasteiger partial charge in [-0.3, -0.25) is 0 Å². The van der Waals surface area contributed by atoms with Crippen LogP contribution in [-0.2, 0) is 10.0 Å². The second kappa shape index (κ2) is 4.43. The van der Waals surface area contributed by atoms with Gasteiger partial charge in [-0.05, 0) is 31.9 Å². The Morgan fingerprint density at radius 2 is 1.90 bits per heavy atom. The SMILES string of the molecule is Cc1nc(-c2ccc(S(=O)(=O)NC3(C)CC3)cc2)co1. The maximum Gasteiger partial charge on any atom is 0.241 e. The Bertz CT molecular complexity index is 728. The van der Waals surface area contributed by atoms with Gasteiger partial charge in [0.05, 0.1) is 4.90 Å². The molecule has 1 aliphatic carbocycles. The maximum atomic E-state index is 12.2. The molecule has 0 atom stereocenters. The van der Waals surface area contributed by atoms with Crippen molar-refractivity contribution in [3.05, 3.63) is 36.4 Å². The van der Waals surface area contributed by atoms with Crippen LogP contribution in [0, 0.1) is 6.92 Å². The van der Waals surface area contributed by atoms with E-state index >= 15 is 0 Å². The first-order valence-corrected chi connectivity index (χ1v) is 7.93. The van der Waals surface area contributed by atoms with Crippen molar-refractivity contribution < 1.29 is 12.8 Å². The molecule has 0 saturated heterocycles. The summed E-state index contributed by atoms with van der Waals surface area (Å²) >= 11 is 0. The third kappa shape index (κ3) is 2.62. The number of benzene rings is 1. The summed E-state index contributed by atoms with van der Waals surface area (Å²) in [4.78, 5) is 4.48. The molecule has 0 aliphatic heterocycles. The summed E-state index contributed by atoms with van der Waals surface area (Å²) in [7, 11) is -3.44. The van der Waals surface area contributed by atoms with Crippen molar-refractivity contribution in [2.45, 2.75) is 37.1 Å². The first-order chi connectivity index (χ1) is 9.38. The highest BCUT2D eigenvalue weighted by atomic mass is 32.2. The highest BCUT2D eigenvalue weighted by molar-refractivity contribution is 7.89. The van der Waals surface area contributed by atoms with Crippen molar-refractivity contribution in [2.75, 3.05) is 0 Å². The van der Waals surface area contributed by atoms with E-state index in [1.165, 1.54) is 0 Å². The van der Waals surface area contributed by atoms with Crippen LogP contribution in [0.3, 0.4) is 0 Å². The quantitative estimate of drug-likeness (QED) is 0.939. The zero-order chi connectivity index (χ0) is 14.4. The Kier molecular flexibility index (Phi) is 2.95. The van der Waals surface area contributed by atoms with Crippen molar-refractivity contribution in [3.8, 4) is 11.3 Å². The molecule has 1 N–H and O–H groups in total. The van der Waals surface area contributed by atoms with E-state index in [1.54, 1.807) is 37.5 Å². The summed E-state index contributed by atoms with van der Waals surface area (Å²) in [5, 5.41) is 0. The third-order valence-electron chi connectivity index (χ3n) is 3.46. The number of hydrogen-bond donors (Lipinski definition) is 1. The van der Waals surface area contributed by atoms with Gasteiger partial charge in [-0.1, -0.05) is 12.1 Å². The minimum atomic E-state index is -3.44. The van der Waals surface area contributed by atoms with Crippen molar-refractivity contribution >= 4 is 10.0 Å². The second-order valence-corrected chi connectivity index (χ2v) is 7.12.